The molecular formula is C11H11ClN2S. The molecule has 1 aromatic carbocycles. The number of aromatic nitrogens is 2. The van der Waals surface area contributed by atoms with E-state index in [0.29, 0.717) is 0 Å². The maximum absolute atomic E-state index is 6.24. The van der Waals surface area contributed by atoms with Gasteiger partial charge >= 0.3 is 0 Å². The molecule has 0 spiro atoms. The lowest BCUT2D eigenvalue weighted by atomic mass is 10.3. The van der Waals surface area contributed by atoms with Crippen molar-refractivity contribution in [1.82, 2.24) is 9.55 Å². The van der Waals surface area contributed by atoms with Crippen molar-refractivity contribution in [2.45, 2.75) is 17.7 Å². The molecule has 1 aliphatic rings. The van der Waals surface area contributed by atoms with Gasteiger partial charge in [-0.1, -0.05) is 12.1 Å². The van der Waals surface area contributed by atoms with E-state index in [0.717, 1.165) is 29.4 Å². The zero-order valence-corrected chi connectivity index (χ0v) is 9.76. The third-order valence-corrected chi connectivity index (χ3v) is 4.22. The Balaban J connectivity index is 2.20. The lowest BCUT2D eigenvalue weighted by molar-refractivity contribution is 0.694. The number of hydrogen-bond acceptors (Lipinski definition) is 2. The van der Waals surface area contributed by atoms with Crippen LogP contribution in [0.5, 0.6) is 0 Å². The average molecular weight is 239 g/mol. The molecule has 4 heteroatoms. The fourth-order valence-electron chi connectivity index (χ4n) is 1.97. The number of rotatable bonds is 0. The van der Waals surface area contributed by atoms with Gasteiger partial charge in [-0.2, -0.15) is 11.8 Å². The van der Waals surface area contributed by atoms with Gasteiger partial charge in [0.05, 0.1) is 22.2 Å². The lowest BCUT2D eigenvalue weighted by Gasteiger charge is -2.07. The predicted octanol–water partition coefficient (Wildman–Crippen LogP) is 2.89. The summed E-state index contributed by atoms with van der Waals surface area (Å²) in [6, 6.07) is 8.26. The molecule has 2 heterocycles. The van der Waals surface area contributed by atoms with E-state index < -0.39 is 0 Å². The van der Waals surface area contributed by atoms with Crippen LogP contribution in [0.1, 0.15) is 5.82 Å². The summed E-state index contributed by atoms with van der Waals surface area (Å²) in [7, 11) is 0. The number of fused-ring (bicyclic) bond motifs is 3. The Kier molecular flexibility index (Phi) is 2.37. The molecule has 0 N–H and O–H groups in total. The minimum atomic E-state index is 0.217. The maximum atomic E-state index is 6.24. The minimum absolute atomic E-state index is 0.217. The summed E-state index contributed by atoms with van der Waals surface area (Å²) in [4.78, 5) is 4.63. The van der Waals surface area contributed by atoms with Gasteiger partial charge in [0, 0.05) is 12.3 Å². The first kappa shape index (κ1) is 9.55. The maximum Gasteiger partial charge on any atom is 0.119 e. The van der Waals surface area contributed by atoms with Gasteiger partial charge in [0.25, 0.3) is 0 Å². The molecule has 0 radical (unpaired) electrons. The molecule has 3 rings (SSSR count). The highest BCUT2D eigenvalue weighted by atomic mass is 35.5. The van der Waals surface area contributed by atoms with Crippen molar-refractivity contribution in [3.05, 3.63) is 30.1 Å². The number of nitrogens with zero attached hydrogens (tertiary/aromatic N) is 2. The van der Waals surface area contributed by atoms with Gasteiger partial charge in [-0.15, -0.1) is 11.6 Å². The largest absolute Gasteiger partial charge is 0.326 e. The Bertz CT molecular complexity index is 494. The standard InChI is InChI=1S/C11H11ClN2S/c12-8-5-14-10-4-2-1-3-9(10)13-11(14)7-15-6-8/h1-4,8H,5-7H2/t8-/m0/s1. The van der Waals surface area contributed by atoms with Gasteiger partial charge in [-0.05, 0) is 12.1 Å². The summed E-state index contributed by atoms with van der Waals surface area (Å²) in [6.45, 7) is 0.879. The van der Waals surface area contributed by atoms with Crippen LogP contribution in [0.15, 0.2) is 24.3 Å². The summed E-state index contributed by atoms with van der Waals surface area (Å²) in [5.74, 6) is 3.14. The Morgan fingerprint density at radius 1 is 1.40 bits per heavy atom. The molecule has 15 heavy (non-hydrogen) atoms. The van der Waals surface area contributed by atoms with Crippen LogP contribution in [0.2, 0.25) is 0 Å². The van der Waals surface area contributed by atoms with Gasteiger partial charge in [-0.25, -0.2) is 4.98 Å². The van der Waals surface area contributed by atoms with Crippen molar-refractivity contribution < 1.29 is 0 Å². The summed E-state index contributed by atoms with van der Waals surface area (Å²) in [5, 5.41) is 0.217. The Morgan fingerprint density at radius 2 is 2.27 bits per heavy atom. The SMILES string of the molecule is Cl[C@@H]1CSCc2nc3ccccc3n2C1. The quantitative estimate of drug-likeness (QED) is 0.657. The second-order valence-electron chi connectivity index (χ2n) is 3.74. The van der Waals surface area contributed by atoms with Crippen LogP contribution in [-0.2, 0) is 12.3 Å². The molecule has 0 unspecified atom stereocenters. The third kappa shape index (κ3) is 1.64. The van der Waals surface area contributed by atoms with Crippen LogP contribution in [0.3, 0.4) is 0 Å². The topological polar surface area (TPSA) is 17.8 Å². The van der Waals surface area contributed by atoms with Crippen LogP contribution in [0, 0.1) is 0 Å². The first-order chi connectivity index (χ1) is 7.34. The third-order valence-electron chi connectivity index (χ3n) is 2.64. The van der Waals surface area contributed by atoms with Crippen molar-refractivity contribution >= 4 is 34.4 Å². The van der Waals surface area contributed by atoms with Crippen molar-refractivity contribution in [1.29, 1.82) is 0 Å². The first-order valence-electron chi connectivity index (χ1n) is 5.00. The van der Waals surface area contributed by atoms with Crippen molar-refractivity contribution in [3.8, 4) is 0 Å². The molecule has 0 aliphatic carbocycles. The molecule has 1 aromatic heterocycles. The van der Waals surface area contributed by atoms with E-state index >= 15 is 0 Å². The fourth-order valence-corrected chi connectivity index (χ4v) is 3.26. The Morgan fingerprint density at radius 3 is 3.20 bits per heavy atom. The number of hydrogen-bond donors (Lipinski definition) is 0. The van der Waals surface area contributed by atoms with E-state index in [2.05, 4.69) is 27.8 Å². The molecule has 2 aromatic rings. The number of halogens is 1. The van der Waals surface area contributed by atoms with Gasteiger partial charge in [0.1, 0.15) is 5.82 Å². The Labute approximate surface area is 97.6 Å². The summed E-state index contributed by atoms with van der Waals surface area (Å²) in [6.07, 6.45) is 0. The number of benzene rings is 1. The Hall–Kier alpha value is -0.670. The molecule has 0 saturated carbocycles. The fraction of sp³-hybridized carbons (Fsp3) is 0.364. The molecule has 78 valence electrons. The summed E-state index contributed by atoms with van der Waals surface area (Å²) >= 11 is 8.10. The predicted molar refractivity (Wildman–Crippen MR) is 65.5 cm³/mol. The van der Waals surface area contributed by atoms with Crippen LogP contribution < -0.4 is 0 Å². The lowest BCUT2D eigenvalue weighted by Crippen LogP contribution is -2.11. The van der Waals surface area contributed by atoms with Crippen LogP contribution in [0.4, 0.5) is 0 Å². The number of thioether (sulfide) groups is 1. The van der Waals surface area contributed by atoms with E-state index in [9.17, 15) is 0 Å². The van der Waals surface area contributed by atoms with Gasteiger partial charge in [0.15, 0.2) is 0 Å². The van der Waals surface area contributed by atoms with E-state index in [-0.39, 0.29) is 5.38 Å². The molecule has 0 fully saturated rings. The van der Waals surface area contributed by atoms with Crippen LogP contribution in [-0.4, -0.2) is 20.7 Å². The normalized spacial score (nSPS) is 21.3. The zero-order valence-electron chi connectivity index (χ0n) is 8.19. The molecule has 0 saturated heterocycles. The molecular weight excluding hydrogens is 228 g/mol. The van der Waals surface area contributed by atoms with E-state index in [4.69, 9.17) is 11.6 Å². The number of para-hydroxylation sites is 2. The molecule has 0 amide bonds. The molecule has 1 atom stereocenters. The van der Waals surface area contributed by atoms with Crippen LogP contribution >= 0.6 is 23.4 Å². The molecule has 2 nitrogen and oxygen atoms in total. The van der Waals surface area contributed by atoms with Crippen LogP contribution in [0.25, 0.3) is 11.0 Å². The number of alkyl halides is 1. The van der Waals surface area contributed by atoms with Crippen molar-refractivity contribution in [3.63, 3.8) is 0 Å². The second kappa shape index (κ2) is 3.72. The minimum Gasteiger partial charge on any atom is -0.326 e. The van der Waals surface area contributed by atoms with Gasteiger partial charge in [0.2, 0.25) is 0 Å². The van der Waals surface area contributed by atoms with E-state index in [1.54, 1.807) is 0 Å². The molecule has 1 aliphatic heterocycles. The average Bonchev–Trinajstić information content (AvgIpc) is 2.47. The van der Waals surface area contributed by atoms with Crippen molar-refractivity contribution in [2.75, 3.05) is 5.75 Å². The highest BCUT2D eigenvalue weighted by Crippen LogP contribution is 2.25. The highest BCUT2D eigenvalue weighted by Gasteiger charge is 2.17. The highest BCUT2D eigenvalue weighted by molar-refractivity contribution is 7.98. The molecule has 0 bridgehead atoms. The monoisotopic (exact) mass is 238 g/mol. The smallest absolute Gasteiger partial charge is 0.119 e. The van der Waals surface area contributed by atoms with Crippen molar-refractivity contribution in [2.24, 2.45) is 0 Å². The van der Waals surface area contributed by atoms with E-state index in [1.807, 2.05) is 17.8 Å². The first-order valence-corrected chi connectivity index (χ1v) is 6.59. The zero-order chi connectivity index (χ0) is 10.3. The number of imidazole rings is 1. The van der Waals surface area contributed by atoms with Gasteiger partial charge in [-0.3, -0.25) is 0 Å². The van der Waals surface area contributed by atoms with Gasteiger partial charge < -0.3 is 4.57 Å². The second-order valence-corrected chi connectivity index (χ2v) is 5.39. The van der Waals surface area contributed by atoms with E-state index in [1.165, 1.54) is 5.52 Å². The summed E-state index contributed by atoms with van der Waals surface area (Å²) < 4.78 is 2.26. The summed E-state index contributed by atoms with van der Waals surface area (Å²) in [5.41, 5.74) is 2.29.